The highest BCUT2D eigenvalue weighted by Gasteiger charge is 2.30. The fourth-order valence-electron chi connectivity index (χ4n) is 8.70. The molecule has 0 aliphatic heterocycles. The lowest BCUT2D eigenvalue weighted by molar-refractivity contribution is -0.136. The summed E-state index contributed by atoms with van der Waals surface area (Å²) < 4.78 is 0. The van der Waals surface area contributed by atoms with E-state index in [9.17, 15) is 47.9 Å². The molecule has 0 aliphatic rings. The molecule has 0 radical (unpaired) electrons. The molecule has 0 saturated carbocycles. The summed E-state index contributed by atoms with van der Waals surface area (Å²) in [5, 5.41) is 46.2. The predicted octanol–water partition coefficient (Wildman–Crippen LogP) is 8.05. The van der Waals surface area contributed by atoms with Crippen molar-refractivity contribution in [3.8, 4) is 0 Å². The molecule has 13 N–H and O–H groups in total. The molecule has 6 atom stereocenters. The molecule has 478 valence electrons. The standard InChI is InChI=1S/C25H33N3O5.C21H27N3O4.C9H17NO3.C6H13NO2.C3H8/c1-15(2)11-21(14-23(30)28-33)24(31)27-22(25(32)26-16(3)17(4)29)13-18-9-10-19-7-5-6-8-20(19)12-18;1-13(2)9-17(12-19(25)24-28)21(27)23-18(20(22)26)11-14-7-8-15-5-3-4-6-16(15)10-14;1-6(2)4-8(7(3)11)5-9(12)10-13;1-2-3-4-5-6(8)7-9;1-3-2/h5-10,12,15-16,21-22,33H,11,13-14H2,1-4H3,(H,26,32)(H,27,31)(H,28,30);3-8,10,13,17-18,28H,9,11-12H2,1-2H3,(H2,22,26)(H,23,27)(H,24,25);6,8,13H,4-5H2,1-3H3,(H,10,12);9H,2-5H2,1H3,(H,7,8);3H2,1-2H3/t16-,21?,22-;17?,18-;;;/m00.../s1. The second kappa shape index (κ2) is 43.9. The largest absolute Gasteiger partial charge is 0.368 e. The highest BCUT2D eigenvalue weighted by molar-refractivity contribution is 5.94. The molecule has 22 nitrogen and oxygen atoms in total. The molecular formula is C64H98N8O14. The van der Waals surface area contributed by atoms with Crippen molar-refractivity contribution >= 4 is 80.4 Å². The summed E-state index contributed by atoms with van der Waals surface area (Å²) in [5.74, 6) is -5.29. The van der Waals surface area contributed by atoms with Crippen molar-refractivity contribution < 1.29 is 68.8 Å². The van der Waals surface area contributed by atoms with Crippen LogP contribution in [0.25, 0.3) is 21.5 Å². The molecule has 86 heavy (non-hydrogen) atoms. The molecule has 0 aliphatic carbocycles. The van der Waals surface area contributed by atoms with Gasteiger partial charge in [0.1, 0.15) is 17.9 Å². The van der Waals surface area contributed by atoms with Crippen molar-refractivity contribution in [1.29, 1.82) is 0 Å². The Morgan fingerprint density at radius 3 is 1.15 bits per heavy atom. The summed E-state index contributed by atoms with van der Waals surface area (Å²) in [6, 6.07) is 24.8. The Morgan fingerprint density at radius 1 is 0.442 bits per heavy atom. The fraction of sp³-hybridized carbons (Fsp3) is 0.531. The van der Waals surface area contributed by atoms with Crippen molar-refractivity contribution in [2.24, 2.45) is 41.2 Å². The quantitative estimate of drug-likeness (QED) is 0.0139. The number of hydroxylamine groups is 4. The van der Waals surface area contributed by atoms with Crippen LogP contribution in [0.1, 0.15) is 165 Å². The number of carbonyl (C=O) groups excluding carboxylic acids is 10. The van der Waals surface area contributed by atoms with E-state index in [2.05, 4.69) is 36.7 Å². The summed E-state index contributed by atoms with van der Waals surface area (Å²) in [6.07, 6.45) is 6.41. The normalized spacial score (nSPS) is 12.6. The van der Waals surface area contributed by atoms with Crippen molar-refractivity contribution in [2.75, 3.05) is 0 Å². The van der Waals surface area contributed by atoms with Gasteiger partial charge >= 0.3 is 0 Å². The van der Waals surface area contributed by atoms with Gasteiger partial charge in [-0.2, -0.15) is 0 Å². The Morgan fingerprint density at radius 2 is 0.802 bits per heavy atom. The maximum atomic E-state index is 13.0. The first-order chi connectivity index (χ1) is 40.6. The lowest BCUT2D eigenvalue weighted by Crippen LogP contribution is -2.52. The lowest BCUT2D eigenvalue weighted by Gasteiger charge is -2.24. The predicted molar refractivity (Wildman–Crippen MR) is 330 cm³/mol. The van der Waals surface area contributed by atoms with Crippen molar-refractivity contribution in [3.05, 3.63) is 96.1 Å². The third kappa shape index (κ3) is 33.7. The zero-order valence-corrected chi connectivity index (χ0v) is 52.4. The van der Waals surface area contributed by atoms with E-state index in [0.717, 1.165) is 51.9 Å². The van der Waals surface area contributed by atoms with Crippen LogP contribution in [0, 0.1) is 35.5 Å². The molecule has 0 spiro atoms. The number of ketones is 2. The fourth-order valence-corrected chi connectivity index (χ4v) is 8.70. The molecule has 4 aromatic carbocycles. The Kier molecular flexibility index (Phi) is 40.0. The number of fused-ring (bicyclic) bond motifs is 2. The van der Waals surface area contributed by atoms with Crippen LogP contribution in [-0.2, 0) is 60.8 Å². The number of primary amides is 1. The van der Waals surface area contributed by atoms with Crippen LogP contribution in [0.2, 0.25) is 0 Å². The molecule has 3 unspecified atom stereocenters. The number of amides is 8. The molecule has 0 saturated heterocycles. The zero-order chi connectivity index (χ0) is 65.5. The van der Waals surface area contributed by atoms with Crippen LogP contribution < -0.4 is 43.6 Å². The van der Waals surface area contributed by atoms with Crippen molar-refractivity contribution in [1.82, 2.24) is 37.9 Å². The molecule has 4 aromatic rings. The second-order valence-electron chi connectivity index (χ2n) is 22.6. The Hall–Kier alpha value is -7.66. The molecular weight excluding hydrogens is 1100 g/mol. The van der Waals surface area contributed by atoms with Crippen LogP contribution >= 0.6 is 0 Å². The van der Waals surface area contributed by atoms with Gasteiger partial charge in [0.05, 0.1) is 6.04 Å². The molecule has 0 fully saturated rings. The molecule has 0 heterocycles. The zero-order valence-electron chi connectivity index (χ0n) is 52.4. The SMILES string of the molecule is CC(=O)C(CC(=O)NO)CC(C)C.CC(=O)[C@H](C)NC(=O)[C@H](Cc1ccc2ccccc2c1)NC(=O)C(CC(=O)NO)CC(C)C.CC(C)CC(CC(=O)NO)C(=O)N[C@@H](Cc1ccc2ccccc2c1)C(N)=O.CCC.CCCCCC(=O)NO. The topological polar surface area (TPSA) is 362 Å². The maximum absolute atomic E-state index is 13.0. The lowest BCUT2D eigenvalue weighted by atomic mass is 9.91. The number of carbonyl (C=O) groups is 10. The minimum absolute atomic E-state index is 0.00250. The summed E-state index contributed by atoms with van der Waals surface area (Å²) in [5.41, 5.74) is 13.4. The minimum atomic E-state index is -0.938. The Bertz CT molecular complexity index is 2750. The van der Waals surface area contributed by atoms with Gasteiger partial charge in [0.2, 0.25) is 47.3 Å². The molecule has 4 rings (SSSR count). The third-order valence-electron chi connectivity index (χ3n) is 13.2. The van der Waals surface area contributed by atoms with E-state index in [1.165, 1.54) is 25.7 Å². The molecule has 0 aromatic heterocycles. The second-order valence-corrected chi connectivity index (χ2v) is 22.6. The van der Waals surface area contributed by atoms with Gasteiger partial charge in [-0.25, -0.2) is 21.9 Å². The van der Waals surface area contributed by atoms with Crippen LogP contribution in [0.3, 0.4) is 0 Å². The number of hydrogen-bond acceptors (Lipinski definition) is 14. The first kappa shape index (κ1) is 78.3. The average molecular weight is 1200 g/mol. The van der Waals surface area contributed by atoms with Crippen LogP contribution in [0.5, 0.6) is 0 Å². The van der Waals surface area contributed by atoms with Gasteiger partial charge in [0.25, 0.3) is 0 Å². The highest BCUT2D eigenvalue weighted by atomic mass is 16.5. The number of nitrogens with two attached hydrogens (primary N) is 1. The van der Waals surface area contributed by atoms with Gasteiger partial charge in [0.15, 0.2) is 5.78 Å². The van der Waals surface area contributed by atoms with E-state index in [-0.39, 0.29) is 67.3 Å². The monoisotopic (exact) mass is 1200 g/mol. The summed E-state index contributed by atoms with van der Waals surface area (Å²) in [6.45, 7) is 22.4. The van der Waals surface area contributed by atoms with Crippen molar-refractivity contribution in [2.45, 2.75) is 185 Å². The third-order valence-corrected chi connectivity index (χ3v) is 13.2. The van der Waals surface area contributed by atoms with E-state index >= 15 is 0 Å². The minimum Gasteiger partial charge on any atom is -0.368 e. The van der Waals surface area contributed by atoms with Crippen LogP contribution in [-0.4, -0.2) is 97.8 Å². The van der Waals surface area contributed by atoms with E-state index in [1.807, 2.05) is 126 Å². The van der Waals surface area contributed by atoms with Crippen LogP contribution in [0.4, 0.5) is 0 Å². The summed E-state index contributed by atoms with van der Waals surface area (Å²) in [4.78, 5) is 118. The first-order valence-electron chi connectivity index (χ1n) is 29.5. The van der Waals surface area contributed by atoms with E-state index < -0.39 is 71.3 Å². The first-order valence-corrected chi connectivity index (χ1v) is 29.5. The summed E-state index contributed by atoms with van der Waals surface area (Å²) >= 11 is 0. The number of benzene rings is 4. The van der Waals surface area contributed by atoms with E-state index in [4.69, 9.17) is 26.6 Å². The Balaban J connectivity index is 0.00000122. The number of Topliss-reactive ketones (excluding diaryl/α,β-unsaturated/α-hetero) is 2. The number of hydrogen-bond donors (Lipinski definition) is 12. The van der Waals surface area contributed by atoms with Crippen LogP contribution in [0.15, 0.2) is 84.9 Å². The van der Waals surface area contributed by atoms with Gasteiger partial charge < -0.3 is 21.7 Å². The van der Waals surface area contributed by atoms with Gasteiger partial charge in [-0.05, 0) is 96.9 Å². The van der Waals surface area contributed by atoms with Gasteiger partial charge in [-0.1, -0.05) is 167 Å². The van der Waals surface area contributed by atoms with Crippen molar-refractivity contribution in [3.63, 3.8) is 0 Å². The molecule has 8 amide bonds. The maximum Gasteiger partial charge on any atom is 0.244 e. The highest BCUT2D eigenvalue weighted by Crippen LogP contribution is 2.22. The van der Waals surface area contributed by atoms with Gasteiger partial charge in [-0.3, -0.25) is 68.8 Å². The average Bonchev–Trinajstić information content (AvgIpc) is 3.64. The van der Waals surface area contributed by atoms with Gasteiger partial charge in [-0.15, -0.1) is 0 Å². The number of rotatable bonds is 29. The smallest absolute Gasteiger partial charge is 0.244 e. The van der Waals surface area contributed by atoms with Gasteiger partial charge in [0, 0.05) is 56.3 Å². The Labute approximate surface area is 507 Å². The number of unbranched alkanes of at least 4 members (excludes halogenated alkanes) is 2. The number of nitrogens with one attached hydrogen (secondary N) is 7. The molecule has 0 bridgehead atoms. The summed E-state index contributed by atoms with van der Waals surface area (Å²) in [7, 11) is 0. The molecule has 22 heteroatoms. The van der Waals surface area contributed by atoms with E-state index in [1.54, 1.807) is 23.4 Å². The van der Waals surface area contributed by atoms with E-state index in [0.29, 0.717) is 31.6 Å².